The summed E-state index contributed by atoms with van der Waals surface area (Å²) in [6.07, 6.45) is 2.76. The molecule has 3 heterocycles. The van der Waals surface area contributed by atoms with E-state index in [1.807, 2.05) is 52.2 Å². The number of hydrogen-bond donors (Lipinski definition) is 0. The predicted molar refractivity (Wildman–Crippen MR) is 106 cm³/mol. The fourth-order valence-corrected chi connectivity index (χ4v) is 3.72. The highest BCUT2D eigenvalue weighted by molar-refractivity contribution is 5.94. The molecule has 1 amide bonds. The Morgan fingerprint density at radius 3 is 2.78 bits per heavy atom. The first-order chi connectivity index (χ1) is 13.1. The molecule has 2 aromatic heterocycles. The van der Waals surface area contributed by atoms with E-state index in [1.165, 1.54) is 0 Å². The number of pyridine rings is 1. The van der Waals surface area contributed by atoms with Gasteiger partial charge in [-0.1, -0.05) is 18.2 Å². The maximum atomic E-state index is 12.8. The molecule has 1 saturated heterocycles. The molecule has 0 aliphatic carbocycles. The van der Waals surface area contributed by atoms with Crippen LogP contribution in [-0.4, -0.2) is 64.2 Å². The Hall–Kier alpha value is -2.73. The van der Waals surface area contributed by atoms with Crippen LogP contribution < -0.4 is 0 Å². The largest absolute Gasteiger partial charge is 0.338 e. The number of rotatable bonds is 5. The van der Waals surface area contributed by atoms with Gasteiger partial charge in [-0.25, -0.2) is 9.67 Å². The molecule has 6 nitrogen and oxygen atoms in total. The Balaban J connectivity index is 1.57. The Labute approximate surface area is 159 Å². The summed E-state index contributed by atoms with van der Waals surface area (Å²) in [6.45, 7) is 3.20. The monoisotopic (exact) mass is 363 g/mol. The second-order valence-corrected chi connectivity index (χ2v) is 7.39. The van der Waals surface area contributed by atoms with Crippen molar-refractivity contribution in [3.8, 4) is 0 Å². The highest BCUT2D eigenvalue weighted by Gasteiger charge is 2.31. The zero-order valence-corrected chi connectivity index (χ0v) is 15.9. The average Bonchev–Trinajstić information content (AvgIpc) is 3.31. The van der Waals surface area contributed by atoms with Crippen LogP contribution in [0.4, 0.5) is 0 Å². The third kappa shape index (κ3) is 3.57. The average molecular weight is 363 g/mol. The standard InChI is InChI=1S/C21H25N5O/c1-24(2)13-14-26-20-18(9-6-11-22-20)19(23-26)17-10-12-25(15-17)21(27)16-7-4-3-5-8-16/h3-9,11,17H,10,12-15H2,1-2H3/t17-/m1/s1. The summed E-state index contributed by atoms with van der Waals surface area (Å²) in [4.78, 5) is 21.4. The molecule has 27 heavy (non-hydrogen) atoms. The topological polar surface area (TPSA) is 54.3 Å². The SMILES string of the molecule is CN(C)CCn1nc([C@@H]2CCN(C(=O)c3ccccc3)C2)c2cccnc21. The molecule has 0 N–H and O–H groups in total. The molecular formula is C21H25N5O. The summed E-state index contributed by atoms with van der Waals surface area (Å²) in [5, 5.41) is 6.01. The van der Waals surface area contributed by atoms with Crippen LogP contribution in [0, 0.1) is 0 Å². The number of carbonyl (C=O) groups excluding carboxylic acids is 1. The number of hydrogen-bond acceptors (Lipinski definition) is 4. The van der Waals surface area contributed by atoms with E-state index in [9.17, 15) is 4.79 Å². The van der Waals surface area contributed by atoms with Gasteiger partial charge >= 0.3 is 0 Å². The van der Waals surface area contributed by atoms with Crippen molar-refractivity contribution < 1.29 is 4.79 Å². The lowest BCUT2D eigenvalue weighted by Gasteiger charge is -2.16. The molecule has 0 bridgehead atoms. The lowest BCUT2D eigenvalue weighted by Crippen LogP contribution is -2.28. The van der Waals surface area contributed by atoms with Gasteiger partial charge in [-0.05, 0) is 44.8 Å². The zero-order valence-electron chi connectivity index (χ0n) is 15.9. The lowest BCUT2D eigenvalue weighted by atomic mass is 10.0. The van der Waals surface area contributed by atoms with E-state index in [2.05, 4.69) is 30.0 Å². The molecule has 0 saturated carbocycles. The molecule has 3 aromatic rings. The summed E-state index contributed by atoms with van der Waals surface area (Å²) in [5.41, 5.74) is 2.75. The minimum atomic E-state index is 0.104. The molecule has 0 spiro atoms. The van der Waals surface area contributed by atoms with Crippen LogP contribution in [0.2, 0.25) is 0 Å². The van der Waals surface area contributed by atoms with E-state index >= 15 is 0 Å². The minimum Gasteiger partial charge on any atom is -0.338 e. The van der Waals surface area contributed by atoms with Crippen molar-refractivity contribution in [1.82, 2.24) is 24.6 Å². The van der Waals surface area contributed by atoms with E-state index in [4.69, 9.17) is 5.10 Å². The highest BCUT2D eigenvalue weighted by atomic mass is 16.2. The van der Waals surface area contributed by atoms with Crippen molar-refractivity contribution in [2.24, 2.45) is 0 Å². The van der Waals surface area contributed by atoms with Crippen LogP contribution >= 0.6 is 0 Å². The van der Waals surface area contributed by atoms with Crippen LogP contribution in [0.5, 0.6) is 0 Å². The van der Waals surface area contributed by atoms with Gasteiger partial charge in [-0.3, -0.25) is 4.79 Å². The first kappa shape index (κ1) is 17.7. The number of likely N-dealkylation sites (N-methyl/N-ethyl adjacent to an activating group) is 1. The van der Waals surface area contributed by atoms with Gasteiger partial charge in [0.15, 0.2) is 5.65 Å². The van der Waals surface area contributed by atoms with Crippen LogP contribution in [0.1, 0.15) is 28.4 Å². The molecule has 1 fully saturated rings. The van der Waals surface area contributed by atoms with Crippen molar-refractivity contribution in [1.29, 1.82) is 0 Å². The Kier molecular flexibility index (Phi) is 4.90. The van der Waals surface area contributed by atoms with Crippen LogP contribution in [0.3, 0.4) is 0 Å². The molecule has 1 aromatic carbocycles. The molecular weight excluding hydrogens is 338 g/mol. The van der Waals surface area contributed by atoms with E-state index in [-0.39, 0.29) is 11.8 Å². The fraction of sp³-hybridized carbons (Fsp3) is 0.381. The smallest absolute Gasteiger partial charge is 0.253 e. The Morgan fingerprint density at radius 2 is 2.00 bits per heavy atom. The van der Waals surface area contributed by atoms with Gasteiger partial charge in [0, 0.05) is 42.7 Å². The molecule has 140 valence electrons. The van der Waals surface area contributed by atoms with Gasteiger partial charge in [-0.2, -0.15) is 5.10 Å². The molecule has 1 atom stereocenters. The van der Waals surface area contributed by atoms with E-state index < -0.39 is 0 Å². The maximum Gasteiger partial charge on any atom is 0.253 e. The van der Waals surface area contributed by atoms with Gasteiger partial charge < -0.3 is 9.80 Å². The molecule has 1 aliphatic rings. The molecule has 4 rings (SSSR count). The van der Waals surface area contributed by atoms with Crippen LogP contribution in [-0.2, 0) is 6.54 Å². The number of nitrogens with zero attached hydrogens (tertiary/aromatic N) is 5. The molecule has 0 radical (unpaired) electrons. The van der Waals surface area contributed by atoms with Crippen molar-refractivity contribution in [3.05, 3.63) is 59.9 Å². The number of fused-ring (bicyclic) bond motifs is 1. The van der Waals surface area contributed by atoms with Crippen LogP contribution in [0.15, 0.2) is 48.7 Å². The van der Waals surface area contributed by atoms with Crippen molar-refractivity contribution in [3.63, 3.8) is 0 Å². The van der Waals surface area contributed by atoms with E-state index in [0.29, 0.717) is 6.54 Å². The molecule has 6 heteroatoms. The fourth-order valence-electron chi connectivity index (χ4n) is 3.72. The Bertz CT molecular complexity index is 934. The van der Waals surface area contributed by atoms with Crippen LogP contribution in [0.25, 0.3) is 11.0 Å². The third-order valence-corrected chi connectivity index (χ3v) is 5.18. The Morgan fingerprint density at radius 1 is 1.19 bits per heavy atom. The van der Waals surface area contributed by atoms with Crippen molar-refractivity contribution >= 4 is 16.9 Å². The van der Waals surface area contributed by atoms with Gasteiger partial charge in [0.2, 0.25) is 0 Å². The molecule has 1 aliphatic heterocycles. The summed E-state index contributed by atoms with van der Waals surface area (Å²) in [6, 6.07) is 13.6. The van der Waals surface area contributed by atoms with Gasteiger partial charge in [-0.15, -0.1) is 0 Å². The number of aromatic nitrogens is 3. The number of amides is 1. The van der Waals surface area contributed by atoms with E-state index in [1.54, 1.807) is 0 Å². The summed E-state index contributed by atoms with van der Waals surface area (Å²) in [5.74, 6) is 0.359. The lowest BCUT2D eigenvalue weighted by molar-refractivity contribution is 0.0790. The number of likely N-dealkylation sites (tertiary alicyclic amines) is 1. The molecule has 0 unspecified atom stereocenters. The zero-order chi connectivity index (χ0) is 18.8. The third-order valence-electron chi connectivity index (χ3n) is 5.18. The maximum absolute atomic E-state index is 12.8. The normalized spacial score (nSPS) is 17.1. The van der Waals surface area contributed by atoms with E-state index in [0.717, 1.165) is 48.3 Å². The quantitative estimate of drug-likeness (QED) is 0.699. The van der Waals surface area contributed by atoms with Gasteiger partial charge in [0.1, 0.15) is 0 Å². The van der Waals surface area contributed by atoms with Gasteiger partial charge in [0.05, 0.1) is 12.2 Å². The van der Waals surface area contributed by atoms with Crippen molar-refractivity contribution in [2.45, 2.75) is 18.9 Å². The number of carbonyl (C=O) groups is 1. The predicted octanol–water partition coefficient (Wildman–Crippen LogP) is 2.62. The summed E-state index contributed by atoms with van der Waals surface area (Å²) in [7, 11) is 4.12. The highest BCUT2D eigenvalue weighted by Crippen LogP contribution is 2.31. The first-order valence-electron chi connectivity index (χ1n) is 9.44. The van der Waals surface area contributed by atoms with Gasteiger partial charge in [0.25, 0.3) is 5.91 Å². The number of benzene rings is 1. The minimum absolute atomic E-state index is 0.104. The van der Waals surface area contributed by atoms with Crippen molar-refractivity contribution in [2.75, 3.05) is 33.7 Å². The summed E-state index contributed by atoms with van der Waals surface area (Å²) < 4.78 is 2.01. The second kappa shape index (κ2) is 7.48. The second-order valence-electron chi connectivity index (χ2n) is 7.39. The first-order valence-corrected chi connectivity index (χ1v) is 9.44. The summed E-state index contributed by atoms with van der Waals surface area (Å²) >= 11 is 0.